The van der Waals surface area contributed by atoms with Gasteiger partial charge < -0.3 is 10.2 Å². The van der Waals surface area contributed by atoms with Crippen LogP contribution in [0.2, 0.25) is 0 Å². The second kappa shape index (κ2) is 8.33. The number of halogens is 1. The lowest BCUT2D eigenvalue weighted by Gasteiger charge is -2.17. The molecule has 0 spiro atoms. The molecular weight excluding hydrogens is 304 g/mol. The fourth-order valence-electron chi connectivity index (χ4n) is 1.96. The molecule has 0 atom stereocenters. The molecule has 1 amide bonds. The quantitative estimate of drug-likeness (QED) is 0.780. The second-order valence-electron chi connectivity index (χ2n) is 4.57. The van der Waals surface area contributed by atoms with Crippen LogP contribution in [0.4, 0.5) is 0 Å². The minimum absolute atomic E-state index is 0.00452. The molecule has 0 aliphatic carbocycles. The summed E-state index contributed by atoms with van der Waals surface area (Å²) >= 11 is 3.47. The highest BCUT2D eigenvalue weighted by Gasteiger charge is 2.10. The number of amides is 1. The van der Waals surface area contributed by atoms with Gasteiger partial charge in [0.05, 0.1) is 5.56 Å². The molecule has 0 saturated heterocycles. The Morgan fingerprint density at radius 1 is 1.32 bits per heavy atom. The van der Waals surface area contributed by atoms with E-state index in [-0.39, 0.29) is 5.91 Å². The van der Waals surface area contributed by atoms with Gasteiger partial charge in [0, 0.05) is 11.0 Å². The van der Waals surface area contributed by atoms with Crippen molar-refractivity contribution in [3.05, 3.63) is 33.8 Å². The van der Waals surface area contributed by atoms with Crippen molar-refractivity contribution in [2.75, 3.05) is 26.2 Å². The Balaban J connectivity index is 2.41. The third-order valence-electron chi connectivity index (χ3n) is 3.27. The lowest BCUT2D eigenvalue weighted by Crippen LogP contribution is -2.30. The van der Waals surface area contributed by atoms with Crippen molar-refractivity contribution in [1.29, 1.82) is 0 Å². The van der Waals surface area contributed by atoms with Gasteiger partial charge in [0.25, 0.3) is 5.91 Å². The van der Waals surface area contributed by atoms with Gasteiger partial charge in [-0.15, -0.1) is 0 Å². The molecule has 0 aliphatic heterocycles. The molecule has 0 bridgehead atoms. The number of aryl methyl sites for hydroxylation is 1. The average molecular weight is 327 g/mol. The first-order chi connectivity index (χ1) is 9.10. The first-order valence-corrected chi connectivity index (χ1v) is 7.65. The molecule has 106 valence electrons. The molecule has 0 saturated carbocycles. The van der Waals surface area contributed by atoms with Crippen LogP contribution in [0.3, 0.4) is 0 Å². The largest absolute Gasteiger partial charge is 0.352 e. The second-order valence-corrected chi connectivity index (χ2v) is 5.37. The molecule has 0 fully saturated rings. The van der Waals surface area contributed by atoms with E-state index in [4.69, 9.17) is 0 Å². The molecule has 0 heterocycles. The highest BCUT2D eigenvalue weighted by atomic mass is 79.9. The number of carbonyl (C=O) groups excluding carboxylic acids is 1. The predicted octanol–water partition coefficient (Wildman–Crippen LogP) is 3.22. The van der Waals surface area contributed by atoms with Crippen LogP contribution in [0.5, 0.6) is 0 Å². The lowest BCUT2D eigenvalue weighted by molar-refractivity contribution is 0.0951. The molecule has 1 N–H and O–H groups in total. The molecule has 1 aromatic carbocycles. The maximum atomic E-state index is 12.0. The summed E-state index contributed by atoms with van der Waals surface area (Å²) in [7, 11) is 0. The van der Waals surface area contributed by atoms with E-state index in [1.807, 2.05) is 25.1 Å². The Hall–Kier alpha value is -0.870. The highest BCUT2D eigenvalue weighted by molar-refractivity contribution is 9.10. The van der Waals surface area contributed by atoms with Crippen LogP contribution >= 0.6 is 15.9 Å². The molecule has 1 rings (SSSR count). The number of rotatable bonds is 7. The van der Waals surface area contributed by atoms with E-state index >= 15 is 0 Å². The fraction of sp³-hybridized carbons (Fsp3) is 0.533. The molecule has 19 heavy (non-hydrogen) atoms. The number of hydrogen-bond donors (Lipinski definition) is 1. The SMILES string of the molecule is CCN(CC)CCCNC(=O)c1cccc(C)c1Br. The van der Waals surface area contributed by atoms with Crippen LogP contribution in [0.25, 0.3) is 0 Å². The van der Waals surface area contributed by atoms with Crippen molar-refractivity contribution in [1.82, 2.24) is 10.2 Å². The van der Waals surface area contributed by atoms with Gasteiger partial charge in [-0.3, -0.25) is 4.79 Å². The van der Waals surface area contributed by atoms with Gasteiger partial charge in [0.2, 0.25) is 0 Å². The third-order valence-corrected chi connectivity index (χ3v) is 4.32. The maximum Gasteiger partial charge on any atom is 0.252 e. The highest BCUT2D eigenvalue weighted by Crippen LogP contribution is 2.20. The zero-order valence-electron chi connectivity index (χ0n) is 12.0. The standard InChI is InChI=1S/C15H23BrN2O/c1-4-18(5-2)11-7-10-17-15(19)13-9-6-8-12(3)14(13)16/h6,8-9H,4-5,7,10-11H2,1-3H3,(H,17,19). The molecule has 0 radical (unpaired) electrons. The predicted molar refractivity (Wildman–Crippen MR) is 83.6 cm³/mol. The van der Waals surface area contributed by atoms with E-state index in [1.165, 1.54) is 0 Å². The summed E-state index contributed by atoms with van der Waals surface area (Å²) in [6.07, 6.45) is 0.983. The van der Waals surface area contributed by atoms with E-state index in [2.05, 4.69) is 40.0 Å². The van der Waals surface area contributed by atoms with Gasteiger partial charge in [-0.1, -0.05) is 26.0 Å². The fourth-order valence-corrected chi connectivity index (χ4v) is 2.41. The van der Waals surface area contributed by atoms with Gasteiger partial charge >= 0.3 is 0 Å². The van der Waals surface area contributed by atoms with E-state index in [9.17, 15) is 4.79 Å². The van der Waals surface area contributed by atoms with Crippen molar-refractivity contribution < 1.29 is 4.79 Å². The van der Waals surface area contributed by atoms with Crippen molar-refractivity contribution in [3.8, 4) is 0 Å². The Kier molecular flexibility index (Phi) is 7.10. The summed E-state index contributed by atoms with van der Waals surface area (Å²) in [5.41, 5.74) is 1.79. The zero-order chi connectivity index (χ0) is 14.3. The summed E-state index contributed by atoms with van der Waals surface area (Å²) < 4.78 is 0.885. The Morgan fingerprint density at radius 2 is 2.00 bits per heavy atom. The Morgan fingerprint density at radius 3 is 2.63 bits per heavy atom. The molecule has 1 aromatic rings. The Labute approximate surface area is 124 Å². The molecule has 0 aliphatic rings. The average Bonchev–Trinajstić information content (AvgIpc) is 2.42. The monoisotopic (exact) mass is 326 g/mol. The molecular formula is C15H23BrN2O. The number of carbonyl (C=O) groups is 1. The van der Waals surface area contributed by atoms with Crippen LogP contribution in [0.1, 0.15) is 36.2 Å². The van der Waals surface area contributed by atoms with Crippen molar-refractivity contribution >= 4 is 21.8 Å². The summed E-state index contributed by atoms with van der Waals surface area (Å²) in [5.74, 6) is -0.00452. The molecule has 0 unspecified atom stereocenters. The van der Waals surface area contributed by atoms with E-state index in [0.29, 0.717) is 5.56 Å². The summed E-state index contributed by atoms with van der Waals surface area (Å²) in [4.78, 5) is 14.4. The number of hydrogen-bond acceptors (Lipinski definition) is 2. The van der Waals surface area contributed by atoms with Gasteiger partial charge in [0.1, 0.15) is 0 Å². The maximum absolute atomic E-state index is 12.0. The van der Waals surface area contributed by atoms with Crippen LogP contribution in [-0.2, 0) is 0 Å². The van der Waals surface area contributed by atoms with Gasteiger partial charge in [-0.05, 0) is 60.5 Å². The smallest absolute Gasteiger partial charge is 0.252 e. The minimum atomic E-state index is -0.00452. The topological polar surface area (TPSA) is 32.3 Å². The number of nitrogens with one attached hydrogen (secondary N) is 1. The first-order valence-electron chi connectivity index (χ1n) is 6.85. The van der Waals surface area contributed by atoms with Crippen molar-refractivity contribution in [2.24, 2.45) is 0 Å². The first kappa shape index (κ1) is 16.2. The zero-order valence-corrected chi connectivity index (χ0v) is 13.6. The third kappa shape index (κ3) is 4.96. The van der Waals surface area contributed by atoms with Crippen LogP contribution in [0, 0.1) is 6.92 Å². The molecule has 0 aromatic heterocycles. The molecule has 4 heteroatoms. The minimum Gasteiger partial charge on any atom is -0.352 e. The van der Waals surface area contributed by atoms with Crippen molar-refractivity contribution in [3.63, 3.8) is 0 Å². The van der Waals surface area contributed by atoms with E-state index in [0.717, 1.165) is 42.6 Å². The van der Waals surface area contributed by atoms with Gasteiger partial charge in [0.15, 0.2) is 0 Å². The number of nitrogens with zero attached hydrogens (tertiary/aromatic N) is 1. The lowest BCUT2D eigenvalue weighted by atomic mass is 10.1. The van der Waals surface area contributed by atoms with Crippen LogP contribution in [-0.4, -0.2) is 37.0 Å². The Bertz CT molecular complexity index is 417. The van der Waals surface area contributed by atoms with Crippen LogP contribution < -0.4 is 5.32 Å². The summed E-state index contributed by atoms with van der Waals surface area (Å²) in [5, 5.41) is 2.97. The van der Waals surface area contributed by atoms with E-state index < -0.39 is 0 Å². The van der Waals surface area contributed by atoms with Crippen molar-refractivity contribution in [2.45, 2.75) is 27.2 Å². The summed E-state index contributed by atoms with van der Waals surface area (Å²) in [6, 6.07) is 5.74. The molecule has 3 nitrogen and oxygen atoms in total. The number of benzene rings is 1. The normalized spacial score (nSPS) is 10.8. The van der Waals surface area contributed by atoms with Gasteiger partial charge in [-0.25, -0.2) is 0 Å². The summed E-state index contributed by atoms with van der Waals surface area (Å²) in [6.45, 7) is 10.2. The van der Waals surface area contributed by atoms with Crippen LogP contribution in [0.15, 0.2) is 22.7 Å². The van der Waals surface area contributed by atoms with E-state index in [1.54, 1.807) is 0 Å². The van der Waals surface area contributed by atoms with Gasteiger partial charge in [-0.2, -0.15) is 0 Å².